The molecular formula is C16H18N2O3S. The number of benzene rings is 1. The molecule has 6 heteroatoms. The summed E-state index contributed by atoms with van der Waals surface area (Å²) in [6.07, 6.45) is 1.17. The number of amides is 1. The Morgan fingerprint density at radius 1 is 1.32 bits per heavy atom. The normalized spacial score (nSPS) is 12.5. The van der Waals surface area contributed by atoms with Crippen LogP contribution in [-0.2, 0) is 17.6 Å². The zero-order valence-electron chi connectivity index (χ0n) is 12.6. The van der Waals surface area contributed by atoms with Gasteiger partial charge in [0.2, 0.25) is 12.7 Å². The lowest BCUT2D eigenvalue weighted by molar-refractivity contribution is -0.120. The van der Waals surface area contributed by atoms with Gasteiger partial charge in [0.15, 0.2) is 11.5 Å². The third-order valence-corrected chi connectivity index (χ3v) is 4.57. The van der Waals surface area contributed by atoms with E-state index in [2.05, 4.69) is 10.3 Å². The molecule has 0 saturated carbocycles. The molecule has 0 spiro atoms. The van der Waals surface area contributed by atoms with Crippen LogP contribution in [0.4, 0.5) is 0 Å². The lowest BCUT2D eigenvalue weighted by atomic mass is 10.1. The number of hydrogen-bond donors (Lipinski definition) is 1. The van der Waals surface area contributed by atoms with Crippen LogP contribution in [0.2, 0.25) is 0 Å². The Bertz CT molecular complexity index is 697. The highest BCUT2D eigenvalue weighted by atomic mass is 32.1. The van der Waals surface area contributed by atoms with Crippen molar-refractivity contribution in [1.29, 1.82) is 0 Å². The van der Waals surface area contributed by atoms with E-state index < -0.39 is 0 Å². The fraction of sp³-hybridized carbons (Fsp3) is 0.375. The standard InChI is InChI=1S/C16H18N2O3S/c1-10-15(22-11(2)18-10)8-16(19)17-6-5-12-3-4-13-14(7-12)21-9-20-13/h3-4,7H,5-6,8-9H2,1-2H3,(H,17,19). The average molecular weight is 318 g/mol. The summed E-state index contributed by atoms with van der Waals surface area (Å²) >= 11 is 1.58. The monoisotopic (exact) mass is 318 g/mol. The van der Waals surface area contributed by atoms with Gasteiger partial charge >= 0.3 is 0 Å². The molecule has 22 heavy (non-hydrogen) atoms. The molecule has 0 unspecified atom stereocenters. The molecule has 1 aliphatic heterocycles. The van der Waals surface area contributed by atoms with Crippen molar-refractivity contribution in [3.63, 3.8) is 0 Å². The van der Waals surface area contributed by atoms with Crippen molar-refractivity contribution in [3.8, 4) is 11.5 Å². The molecular weight excluding hydrogens is 300 g/mol. The van der Waals surface area contributed by atoms with Crippen molar-refractivity contribution in [2.75, 3.05) is 13.3 Å². The number of fused-ring (bicyclic) bond motifs is 1. The Labute approximate surface area is 133 Å². The molecule has 3 rings (SSSR count). The maximum Gasteiger partial charge on any atom is 0.231 e. The minimum absolute atomic E-state index is 0.0347. The fourth-order valence-corrected chi connectivity index (χ4v) is 3.32. The summed E-state index contributed by atoms with van der Waals surface area (Å²) in [6.45, 7) is 4.79. The first kappa shape index (κ1) is 14.8. The summed E-state index contributed by atoms with van der Waals surface area (Å²) in [4.78, 5) is 17.4. The van der Waals surface area contributed by atoms with Gasteiger partial charge in [-0.3, -0.25) is 4.79 Å². The second-order valence-corrected chi connectivity index (χ2v) is 6.49. The number of aryl methyl sites for hydroxylation is 2. The molecule has 1 aliphatic rings. The van der Waals surface area contributed by atoms with Gasteiger partial charge in [-0.15, -0.1) is 11.3 Å². The van der Waals surface area contributed by atoms with Gasteiger partial charge in [0.1, 0.15) is 0 Å². The van der Waals surface area contributed by atoms with Crippen molar-refractivity contribution in [2.24, 2.45) is 0 Å². The first-order valence-electron chi connectivity index (χ1n) is 7.20. The van der Waals surface area contributed by atoms with Crippen LogP contribution >= 0.6 is 11.3 Å². The van der Waals surface area contributed by atoms with E-state index in [1.807, 2.05) is 32.0 Å². The highest BCUT2D eigenvalue weighted by molar-refractivity contribution is 7.11. The summed E-state index contributed by atoms with van der Waals surface area (Å²) in [6, 6.07) is 5.87. The molecule has 116 valence electrons. The second-order valence-electron chi connectivity index (χ2n) is 5.21. The van der Waals surface area contributed by atoms with E-state index in [-0.39, 0.29) is 12.7 Å². The number of thiazole rings is 1. The Balaban J connectivity index is 1.48. The van der Waals surface area contributed by atoms with Crippen LogP contribution in [0.5, 0.6) is 11.5 Å². The molecule has 0 radical (unpaired) electrons. The molecule has 2 aromatic rings. The number of nitrogens with zero attached hydrogens (tertiary/aromatic N) is 1. The lowest BCUT2D eigenvalue weighted by Gasteiger charge is -2.06. The molecule has 0 aliphatic carbocycles. The Morgan fingerprint density at radius 3 is 2.91 bits per heavy atom. The van der Waals surface area contributed by atoms with E-state index in [9.17, 15) is 4.79 Å². The van der Waals surface area contributed by atoms with Crippen LogP contribution in [0.3, 0.4) is 0 Å². The Morgan fingerprint density at radius 2 is 2.14 bits per heavy atom. The predicted octanol–water partition coefficient (Wildman–Crippen LogP) is 2.39. The zero-order chi connectivity index (χ0) is 15.5. The minimum atomic E-state index is 0.0347. The first-order valence-corrected chi connectivity index (χ1v) is 8.01. The average Bonchev–Trinajstić information content (AvgIpc) is 3.05. The van der Waals surface area contributed by atoms with Crippen LogP contribution in [0, 0.1) is 13.8 Å². The molecule has 0 bridgehead atoms. The van der Waals surface area contributed by atoms with E-state index in [4.69, 9.17) is 9.47 Å². The number of rotatable bonds is 5. The number of aromatic nitrogens is 1. The quantitative estimate of drug-likeness (QED) is 0.919. The second kappa shape index (κ2) is 6.36. The Hall–Kier alpha value is -2.08. The molecule has 1 aromatic heterocycles. The van der Waals surface area contributed by atoms with E-state index in [1.165, 1.54) is 0 Å². The highest BCUT2D eigenvalue weighted by Gasteiger charge is 2.13. The van der Waals surface area contributed by atoms with E-state index in [0.717, 1.165) is 39.1 Å². The summed E-state index contributed by atoms with van der Waals surface area (Å²) in [5.74, 6) is 1.59. The maximum atomic E-state index is 12.0. The van der Waals surface area contributed by atoms with Gasteiger partial charge in [-0.05, 0) is 38.0 Å². The van der Waals surface area contributed by atoms with Crippen LogP contribution in [0.1, 0.15) is 21.1 Å². The van der Waals surface area contributed by atoms with Crippen molar-refractivity contribution in [3.05, 3.63) is 39.3 Å². The van der Waals surface area contributed by atoms with Gasteiger partial charge < -0.3 is 14.8 Å². The van der Waals surface area contributed by atoms with Crippen molar-refractivity contribution in [2.45, 2.75) is 26.7 Å². The predicted molar refractivity (Wildman–Crippen MR) is 84.6 cm³/mol. The molecule has 1 aromatic carbocycles. The zero-order valence-corrected chi connectivity index (χ0v) is 13.5. The van der Waals surface area contributed by atoms with Crippen LogP contribution < -0.4 is 14.8 Å². The van der Waals surface area contributed by atoms with Gasteiger partial charge in [-0.2, -0.15) is 0 Å². The smallest absolute Gasteiger partial charge is 0.231 e. The lowest BCUT2D eigenvalue weighted by Crippen LogP contribution is -2.27. The van der Waals surface area contributed by atoms with E-state index in [0.29, 0.717) is 13.0 Å². The third-order valence-electron chi connectivity index (χ3n) is 3.49. The van der Waals surface area contributed by atoms with Gasteiger partial charge in [0.05, 0.1) is 17.1 Å². The molecule has 1 amide bonds. The van der Waals surface area contributed by atoms with Gasteiger partial charge in [-0.1, -0.05) is 6.07 Å². The Kier molecular flexibility index (Phi) is 4.29. The van der Waals surface area contributed by atoms with Gasteiger partial charge in [0.25, 0.3) is 0 Å². The minimum Gasteiger partial charge on any atom is -0.454 e. The largest absolute Gasteiger partial charge is 0.454 e. The van der Waals surface area contributed by atoms with Gasteiger partial charge in [0, 0.05) is 11.4 Å². The first-order chi connectivity index (χ1) is 10.6. The summed E-state index contributed by atoms with van der Waals surface area (Å²) in [5, 5.41) is 3.95. The van der Waals surface area contributed by atoms with Crippen LogP contribution in [0.25, 0.3) is 0 Å². The number of hydrogen-bond acceptors (Lipinski definition) is 5. The van der Waals surface area contributed by atoms with Crippen molar-refractivity contribution < 1.29 is 14.3 Å². The highest BCUT2D eigenvalue weighted by Crippen LogP contribution is 2.32. The van der Waals surface area contributed by atoms with Crippen LogP contribution in [-0.4, -0.2) is 24.2 Å². The molecule has 1 N–H and O–H groups in total. The van der Waals surface area contributed by atoms with E-state index >= 15 is 0 Å². The molecule has 0 atom stereocenters. The number of carbonyl (C=O) groups excluding carboxylic acids is 1. The molecule has 0 saturated heterocycles. The molecule has 5 nitrogen and oxygen atoms in total. The van der Waals surface area contributed by atoms with Crippen molar-refractivity contribution >= 4 is 17.2 Å². The van der Waals surface area contributed by atoms with Gasteiger partial charge in [-0.25, -0.2) is 4.98 Å². The summed E-state index contributed by atoms with van der Waals surface area (Å²) in [7, 11) is 0. The topological polar surface area (TPSA) is 60.5 Å². The fourth-order valence-electron chi connectivity index (χ4n) is 2.39. The van der Waals surface area contributed by atoms with E-state index in [1.54, 1.807) is 11.3 Å². The third kappa shape index (κ3) is 3.39. The summed E-state index contributed by atoms with van der Waals surface area (Å²) in [5.41, 5.74) is 2.07. The molecule has 2 heterocycles. The number of carbonyl (C=O) groups is 1. The number of nitrogens with one attached hydrogen (secondary N) is 1. The summed E-state index contributed by atoms with van der Waals surface area (Å²) < 4.78 is 10.6. The van der Waals surface area contributed by atoms with Crippen molar-refractivity contribution in [1.82, 2.24) is 10.3 Å². The van der Waals surface area contributed by atoms with Crippen LogP contribution in [0.15, 0.2) is 18.2 Å². The molecule has 0 fully saturated rings. The SMILES string of the molecule is Cc1nc(C)c(CC(=O)NCCc2ccc3c(c2)OCO3)s1. The maximum absolute atomic E-state index is 12.0. The number of ether oxygens (including phenoxy) is 2.